The van der Waals surface area contributed by atoms with Crippen LogP contribution >= 0.6 is 34.4 Å². The lowest BCUT2D eigenvalue weighted by molar-refractivity contribution is -0.143. The van der Waals surface area contributed by atoms with Crippen LogP contribution < -0.4 is 11.1 Å². The smallest absolute Gasteiger partial charge is 0.276 e. The molecule has 2 aromatic rings. The average molecular weight is 463 g/mol. The summed E-state index contributed by atoms with van der Waals surface area (Å²) < 4.78 is 0. The molecule has 0 aromatic carbocycles. The highest BCUT2D eigenvalue weighted by atomic mass is 32.2. The Morgan fingerprint density at radius 3 is 2.93 bits per heavy atom. The number of anilines is 1. The van der Waals surface area contributed by atoms with Crippen molar-refractivity contribution < 1.29 is 14.4 Å². The summed E-state index contributed by atoms with van der Waals surface area (Å²) in [7, 11) is 1.34. The number of aromatic nitrogens is 2. The Balaban J connectivity index is 1.42. The van der Waals surface area contributed by atoms with Crippen LogP contribution in [0.3, 0.4) is 0 Å². The number of hydrogen-bond donors (Lipinski definition) is 2. The molecule has 0 saturated carbocycles. The van der Waals surface area contributed by atoms with Gasteiger partial charge in [-0.05, 0) is 18.6 Å². The number of carbonyl (C=O) groups excluding carboxylic acids is 2. The molecule has 1 unspecified atom stereocenters. The Kier molecular flexibility index (Phi) is 5.88. The first-order chi connectivity index (χ1) is 14.5. The maximum absolute atomic E-state index is 12.7. The standard InChI is InChI=1S/C18H18N6O3S3/c1-9-12(30-8-20-9)4-3-10-5-24-16(26)14(17(24)28-6-10)22-15(25)13(23-27-2)11-7-29-18(19)21-11/h3-5,7-8,14,17H,6H2,1-2H3,(H2,19,21)(H,22,25)/t14?,17-/m0/s1. The zero-order valence-electron chi connectivity index (χ0n) is 16.1. The number of nitrogens with two attached hydrogens (primary N) is 1. The zero-order valence-corrected chi connectivity index (χ0v) is 18.5. The maximum Gasteiger partial charge on any atom is 0.276 e. The number of β-lactam (4-membered cyclic amide) rings is 1. The molecular formula is C18H18N6O3S3. The van der Waals surface area contributed by atoms with Crippen LogP contribution in [0.25, 0.3) is 6.08 Å². The molecule has 0 bridgehead atoms. The zero-order chi connectivity index (χ0) is 21.3. The molecule has 2 aliphatic rings. The van der Waals surface area contributed by atoms with Gasteiger partial charge in [0.25, 0.3) is 11.8 Å². The first-order valence-electron chi connectivity index (χ1n) is 8.84. The number of aryl methyl sites for hydroxylation is 1. The van der Waals surface area contributed by atoms with Gasteiger partial charge in [-0.15, -0.1) is 34.4 Å². The minimum atomic E-state index is -0.633. The van der Waals surface area contributed by atoms with E-state index >= 15 is 0 Å². The van der Waals surface area contributed by atoms with Crippen LogP contribution in [-0.4, -0.2) is 56.7 Å². The molecule has 2 aliphatic heterocycles. The van der Waals surface area contributed by atoms with Gasteiger partial charge in [0, 0.05) is 22.2 Å². The summed E-state index contributed by atoms with van der Waals surface area (Å²) in [6.45, 7) is 1.96. The summed E-state index contributed by atoms with van der Waals surface area (Å²) in [5, 5.41) is 8.26. The fourth-order valence-electron chi connectivity index (χ4n) is 2.98. The minimum absolute atomic E-state index is 0.0170. The van der Waals surface area contributed by atoms with E-state index in [4.69, 9.17) is 10.6 Å². The van der Waals surface area contributed by atoms with Crippen molar-refractivity contribution in [3.63, 3.8) is 0 Å². The fraction of sp³-hybridized carbons (Fsp3) is 0.278. The average Bonchev–Trinajstić information content (AvgIpc) is 3.36. The van der Waals surface area contributed by atoms with Gasteiger partial charge in [0.1, 0.15) is 24.2 Å². The molecule has 12 heteroatoms. The molecule has 156 valence electrons. The number of nitrogens with one attached hydrogen (secondary N) is 1. The van der Waals surface area contributed by atoms with Crippen LogP contribution in [0.5, 0.6) is 0 Å². The second kappa shape index (κ2) is 8.58. The van der Waals surface area contributed by atoms with Crippen molar-refractivity contribution in [2.24, 2.45) is 5.16 Å². The lowest BCUT2D eigenvalue weighted by atomic mass is 10.1. The molecule has 2 aromatic heterocycles. The van der Waals surface area contributed by atoms with Crippen LogP contribution in [0.1, 0.15) is 16.3 Å². The van der Waals surface area contributed by atoms with Crippen molar-refractivity contribution in [2.45, 2.75) is 18.3 Å². The predicted molar refractivity (Wildman–Crippen MR) is 119 cm³/mol. The van der Waals surface area contributed by atoms with Gasteiger partial charge in [-0.3, -0.25) is 9.59 Å². The van der Waals surface area contributed by atoms with Crippen molar-refractivity contribution in [1.29, 1.82) is 0 Å². The fourth-order valence-corrected chi connectivity index (χ4v) is 5.46. The van der Waals surface area contributed by atoms with E-state index in [1.807, 2.05) is 30.8 Å². The van der Waals surface area contributed by atoms with E-state index in [0.717, 1.165) is 21.9 Å². The highest BCUT2D eigenvalue weighted by Gasteiger charge is 2.49. The number of carbonyl (C=O) groups is 2. The topological polar surface area (TPSA) is 123 Å². The van der Waals surface area contributed by atoms with E-state index in [1.165, 1.54) is 18.4 Å². The number of thiazole rings is 2. The quantitative estimate of drug-likeness (QED) is 0.381. The highest BCUT2D eigenvalue weighted by molar-refractivity contribution is 8.00. The third-order valence-electron chi connectivity index (χ3n) is 4.49. The van der Waals surface area contributed by atoms with Crippen LogP contribution in [-0.2, 0) is 14.4 Å². The van der Waals surface area contributed by atoms with Crippen molar-refractivity contribution in [3.05, 3.63) is 45.0 Å². The minimum Gasteiger partial charge on any atom is -0.398 e. The molecule has 2 atom stereocenters. The Bertz CT molecular complexity index is 1070. The summed E-state index contributed by atoms with van der Waals surface area (Å²) in [5.74, 6) is 0.0302. The third kappa shape index (κ3) is 3.98. The van der Waals surface area contributed by atoms with Crippen LogP contribution in [0.2, 0.25) is 0 Å². The summed E-state index contributed by atoms with van der Waals surface area (Å²) >= 11 is 4.36. The Morgan fingerprint density at radius 2 is 2.27 bits per heavy atom. The van der Waals surface area contributed by atoms with E-state index in [-0.39, 0.29) is 17.0 Å². The van der Waals surface area contributed by atoms with Crippen LogP contribution in [0, 0.1) is 6.92 Å². The van der Waals surface area contributed by atoms with Crippen LogP contribution in [0.4, 0.5) is 5.13 Å². The largest absolute Gasteiger partial charge is 0.398 e. The molecule has 9 nitrogen and oxygen atoms in total. The number of oxime groups is 1. The molecular weight excluding hydrogens is 444 g/mol. The molecule has 2 amide bonds. The van der Waals surface area contributed by atoms with E-state index in [0.29, 0.717) is 10.8 Å². The van der Waals surface area contributed by atoms with Gasteiger partial charge >= 0.3 is 0 Å². The molecule has 0 aliphatic carbocycles. The molecule has 0 radical (unpaired) electrons. The Hall–Kier alpha value is -2.70. The predicted octanol–water partition coefficient (Wildman–Crippen LogP) is 1.84. The van der Waals surface area contributed by atoms with Crippen molar-refractivity contribution in [1.82, 2.24) is 20.2 Å². The van der Waals surface area contributed by atoms with E-state index in [2.05, 4.69) is 20.4 Å². The molecule has 3 N–H and O–H groups in total. The maximum atomic E-state index is 12.7. The second-order valence-corrected chi connectivity index (χ2v) is 9.31. The normalized spacial score (nSPS) is 21.3. The number of thioether (sulfide) groups is 1. The van der Waals surface area contributed by atoms with Gasteiger partial charge < -0.3 is 20.8 Å². The number of fused-ring (bicyclic) bond motifs is 1. The highest BCUT2D eigenvalue weighted by Crippen LogP contribution is 2.36. The number of amides is 2. The molecule has 4 rings (SSSR count). The van der Waals surface area contributed by atoms with Gasteiger partial charge in [-0.1, -0.05) is 11.2 Å². The molecule has 30 heavy (non-hydrogen) atoms. The Labute approximate surface area is 184 Å². The van der Waals surface area contributed by atoms with Gasteiger partial charge in [0.2, 0.25) is 0 Å². The third-order valence-corrected chi connectivity index (χ3v) is 7.40. The van der Waals surface area contributed by atoms with Gasteiger partial charge in [-0.25, -0.2) is 9.97 Å². The first-order valence-corrected chi connectivity index (χ1v) is 11.6. The SMILES string of the molecule is CON=C(C(=O)NC1C(=O)N2C=C(C=Cc3scnc3C)CS[C@@H]12)c1csc(N)n1. The van der Waals surface area contributed by atoms with Gasteiger partial charge in [-0.2, -0.15) is 0 Å². The number of rotatable bonds is 6. The summed E-state index contributed by atoms with van der Waals surface area (Å²) in [6.07, 6.45) is 5.85. The summed E-state index contributed by atoms with van der Waals surface area (Å²) in [6, 6.07) is -0.633. The lowest BCUT2D eigenvalue weighted by Gasteiger charge is -2.47. The van der Waals surface area contributed by atoms with Crippen molar-refractivity contribution >= 4 is 63.2 Å². The number of allylic oxidation sites excluding steroid dienone is 1. The molecule has 1 saturated heterocycles. The summed E-state index contributed by atoms with van der Waals surface area (Å²) in [5.41, 5.74) is 9.75. The van der Waals surface area contributed by atoms with E-state index in [1.54, 1.807) is 33.4 Å². The van der Waals surface area contributed by atoms with Gasteiger partial charge in [0.05, 0.1) is 11.2 Å². The molecule has 1 fully saturated rings. The monoisotopic (exact) mass is 462 g/mol. The van der Waals surface area contributed by atoms with E-state index in [9.17, 15) is 9.59 Å². The first kappa shape index (κ1) is 20.6. The molecule has 4 heterocycles. The van der Waals surface area contributed by atoms with Crippen molar-refractivity contribution in [3.8, 4) is 0 Å². The van der Waals surface area contributed by atoms with Gasteiger partial charge in [0.15, 0.2) is 10.8 Å². The summed E-state index contributed by atoms with van der Waals surface area (Å²) in [4.78, 5) is 41.1. The number of nitrogens with zero attached hydrogens (tertiary/aromatic N) is 4. The molecule has 0 spiro atoms. The van der Waals surface area contributed by atoms with E-state index < -0.39 is 11.9 Å². The number of nitrogen functional groups attached to an aromatic ring is 1. The lowest BCUT2D eigenvalue weighted by Crippen LogP contribution is -2.69. The van der Waals surface area contributed by atoms with Crippen molar-refractivity contribution in [2.75, 3.05) is 18.6 Å². The second-order valence-electron chi connectivity index (χ2n) is 6.43. The number of hydrogen-bond acceptors (Lipinski definition) is 10. The van der Waals surface area contributed by atoms with Crippen LogP contribution in [0.15, 0.2) is 33.9 Å². The Morgan fingerprint density at radius 1 is 1.43 bits per heavy atom.